The number of fused-ring (bicyclic) bond motifs is 1. The molecule has 3 aromatic rings. The van der Waals surface area contributed by atoms with Crippen molar-refractivity contribution in [3.05, 3.63) is 94.5 Å². The molecule has 0 aliphatic carbocycles. The molecule has 1 aliphatic rings. The fourth-order valence-corrected chi connectivity index (χ4v) is 3.14. The van der Waals surface area contributed by atoms with E-state index in [2.05, 4.69) is 39.7 Å². The minimum Gasteiger partial charge on any atom is -0.378 e. The van der Waals surface area contributed by atoms with Gasteiger partial charge in [-0.3, -0.25) is 5.43 Å². The molecule has 4 nitrogen and oxygen atoms in total. The van der Waals surface area contributed by atoms with E-state index in [0.717, 1.165) is 33.8 Å². The van der Waals surface area contributed by atoms with Crippen molar-refractivity contribution in [1.29, 1.82) is 0 Å². The van der Waals surface area contributed by atoms with Crippen molar-refractivity contribution in [1.82, 2.24) is 5.43 Å². The van der Waals surface area contributed by atoms with Crippen LogP contribution >= 0.6 is 11.6 Å². The fraction of sp³-hybridized carbons (Fsp3) is 0.0909. The minimum atomic E-state index is 0.657. The molecule has 27 heavy (non-hydrogen) atoms. The highest BCUT2D eigenvalue weighted by Crippen LogP contribution is 2.29. The quantitative estimate of drug-likeness (QED) is 0.712. The Morgan fingerprint density at radius 2 is 1.59 bits per heavy atom. The number of rotatable bonds is 3. The van der Waals surface area contributed by atoms with E-state index < -0.39 is 0 Å². The van der Waals surface area contributed by atoms with Crippen LogP contribution in [0.15, 0.2) is 82.9 Å². The Labute approximate surface area is 163 Å². The van der Waals surface area contributed by atoms with Gasteiger partial charge in [0.25, 0.3) is 0 Å². The number of anilines is 1. The molecule has 1 N–H and O–H groups in total. The molecule has 0 spiro atoms. The first-order valence-electron chi connectivity index (χ1n) is 8.67. The third-order valence-electron chi connectivity index (χ3n) is 4.42. The predicted molar refractivity (Wildman–Crippen MR) is 114 cm³/mol. The van der Waals surface area contributed by atoms with Crippen molar-refractivity contribution in [2.24, 2.45) is 10.1 Å². The molecule has 1 aliphatic heterocycles. The largest absolute Gasteiger partial charge is 0.378 e. The standard InChI is InChI=1S/C22H19ClN4/c1-27(2)18-11-8-15(9-12-18)21-19-14-17(23)10-13-20(19)24-22(26-25-21)16-6-4-3-5-7-16/h3-14H,1-2H3,(H,24,26). The maximum absolute atomic E-state index is 6.27. The van der Waals surface area contributed by atoms with Crippen molar-refractivity contribution in [3.63, 3.8) is 0 Å². The number of halogens is 1. The van der Waals surface area contributed by atoms with Gasteiger partial charge in [-0.05, 0) is 30.3 Å². The number of amidine groups is 1. The fourth-order valence-electron chi connectivity index (χ4n) is 2.97. The van der Waals surface area contributed by atoms with Crippen LogP contribution in [0.25, 0.3) is 0 Å². The number of nitrogens with zero attached hydrogens (tertiary/aromatic N) is 3. The second-order valence-corrected chi connectivity index (χ2v) is 6.94. The molecular weight excluding hydrogens is 356 g/mol. The van der Waals surface area contributed by atoms with E-state index in [1.807, 2.05) is 62.6 Å². The second kappa shape index (κ2) is 7.25. The van der Waals surface area contributed by atoms with E-state index >= 15 is 0 Å². The topological polar surface area (TPSA) is 40.0 Å². The molecule has 0 unspecified atom stereocenters. The van der Waals surface area contributed by atoms with Crippen LogP contribution in [0.3, 0.4) is 0 Å². The van der Waals surface area contributed by atoms with E-state index in [4.69, 9.17) is 16.6 Å². The van der Waals surface area contributed by atoms with Crippen molar-refractivity contribution < 1.29 is 0 Å². The lowest BCUT2D eigenvalue weighted by Crippen LogP contribution is -2.19. The number of aliphatic imine (C=N–C) groups is 1. The van der Waals surface area contributed by atoms with Gasteiger partial charge in [-0.1, -0.05) is 54.1 Å². The highest BCUT2D eigenvalue weighted by molar-refractivity contribution is 6.31. The third-order valence-corrected chi connectivity index (χ3v) is 4.66. The van der Waals surface area contributed by atoms with Crippen molar-refractivity contribution in [2.75, 3.05) is 19.0 Å². The van der Waals surface area contributed by atoms with Gasteiger partial charge in [0.15, 0.2) is 5.84 Å². The highest BCUT2D eigenvalue weighted by Gasteiger charge is 2.17. The molecule has 0 aromatic heterocycles. The van der Waals surface area contributed by atoms with E-state index in [0.29, 0.717) is 10.9 Å². The zero-order valence-electron chi connectivity index (χ0n) is 15.1. The van der Waals surface area contributed by atoms with Crippen LogP contribution in [-0.2, 0) is 0 Å². The van der Waals surface area contributed by atoms with Crippen molar-refractivity contribution in [3.8, 4) is 0 Å². The van der Waals surface area contributed by atoms with Crippen molar-refractivity contribution >= 4 is 34.5 Å². The average molecular weight is 375 g/mol. The molecular formula is C22H19ClN4. The van der Waals surface area contributed by atoms with Gasteiger partial charge >= 0.3 is 0 Å². The number of benzene rings is 3. The van der Waals surface area contributed by atoms with Gasteiger partial charge in [0.2, 0.25) is 0 Å². The maximum atomic E-state index is 6.27. The second-order valence-electron chi connectivity index (χ2n) is 6.50. The Balaban J connectivity index is 1.82. The van der Waals surface area contributed by atoms with E-state index in [-0.39, 0.29) is 0 Å². The molecule has 4 rings (SSSR count). The summed E-state index contributed by atoms with van der Waals surface area (Å²) in [5.74, 6) is 0.707. The van der Waals surface area contributed by atoms with Crippen molar-refractivity contribution in [2.45, 2.75) is 0 Å². The van der Waals surface area contributed by atoms with Crippen LogP contribution in [0.1, 0.15) is 16.7 Å². The summed E-state index contributed by atoms with van der Waals surface area (Å²) in [7, 11) is 4.05. The monoisotopic (exact) mass is 374 g/mol. The Bertz CT molecular complexity index is 1020. The lowest BCUT2D eigenvalue weighted by molar-refractivity contribution is 1.03. The summed E-state index contributed by atoms with van der Waals surface area (Å²) in [6.07, 6.45) is 0. The number of nitrogens with one attached hydrogen (secondary N) is 1. The molecule has 0 fully saturated rings. The molecule has 0 bridgehead atoms. The minimum absolute atomic E-state index is 0.657. The lowest BCUT2D eigenvalue weighted by atomic mass is 10.0. The van der Waals surface area contributed by atoms with Crippen LogP contribution < -0.4 is 10.3 Å². The van der Waals surface area contributed by atoms with Gasteiger partial charge in [0.05, 0.1) is 5.69 Å². The Morgan fingerprint density at radius 1 is 0.852 bits per heavy atom. The van der Waals surface area contributed by atoms with Gasteiger partial charge < -0.3 is 4.90 Å². The molecule has 0 saturated heterocycles. The van der Waals surface area contributed by atoms with Gasteiger partial charge in [-0.15, -0.1) is 0 Å². The Morgan fingerprint density at radius 3 is 2.30 bits per heavy atom. The highest BCUT2D eigenvalue weighted by atomic mass is 35.5. The van der Waals surface area contributed by atoms with Gasteiger partial charge in [-0.25, -0.2) is 4.99 Å². The SMILES string of the molecule is CN(C)c1ccc(C2=NNC(c3ccccc3)=Nc3ccc(Cl)cc32)cc1. The first-order chi connectivity index (χ1) is 13.1. The van der Waals surface area contributed by atoms with Gasteiger partial charge in [0.1, 0.15) is 5.71 Å². The summed E-state index contributed by atoms with van der Waals surface area (Å²) in [4.78, 5) is 6.86. The number of hydrogen-bond acceptors (Lipinski definition) is 4. The van der Waals surface area contributed by atoms with Crippen LogP contribution in [0.4, 0.5) is 11.4 Å². The van der Waals surface area contributed by atoms with Gasteiger partial charge in [0, 0.05) is 41.5 Å². The molecule has 0 atom stereocenters. The van der Waals surface area contributed by atoms with E-state index in [1.165, 1.54) is 0 Å². The number of hydrogen-bond donors (Lipinski definition) is 1. The third kappa shape index (κ3) is 3.57. The maximum Gasteiger partial charge on any atom is 0.154 e. The molecule has 0 saturated carbocycles. The van der Waals surface area contributed by atoms with Crippen LogP contribution in [0.2, 0.25) is 5.02 Å². The summed E-state index contributed by atoms with van der Waals surface area (Å²) >= 11 is 6.27. The molecule has 5 heteroatoms. The summed E-state index contributed by atoms with van der Waals surface area (Å²) in [5.41, 5.74) is 8.79. The predicted octanol–water partition coefficient (Wildman–Crippen LogP) is 4.84. The van der Waals surface area contributed by atoms with E-state index in [1.54, 1.807) is 0 Å². The molecule has 0 radical (unpaired) electrons. The summed E-state index contributed by atoms with van der Waals surface area (Å²) in [5, 5.41) is 5.33. The zero-order chi connectivity index (χ0) is 18.8. The summed E-state index contributed by atoms with van der Waals surface area (Å²) in [6.45, 7) is 0. The summed E-state index contributed by atoms with van der Waals surface area (Å²) in [6, 6.07) is 23.9. The van der Waals surface area contributed by atoms with Crippen LogP contribution in [0.5, 0.6) is 0 Å². The number of hydrazone groups is 1. The first-order valence-corrected chi connectivity index (χ1v) is 9.05. The Hall–Kier alpha value is -3.11. The summed E-state index contributed by atoms with van der Waals surface area (Å²) < 4.78 is 0. The molecule has 0 amide bonds. The van der Waals surface area contributed by atoms with Crippen LogP contribution in [0, 0.1) is 0 Å². The average Bonchev–Trinajstić information content (AvgIpc) is 2.88. The van der Waals surface area contributed by atoms with Crippen LogP contribution in [-0.4, -0.2) is 25.6 Å². The smallest absolute Gasteiger partial charge is 0.154 e. The van der Waals surface area contributed by atoms with Gasteiger partial charge in [-0.2, -0.15) is 5.10 Å². The Kier molecular flexibility index (Phi) is 4.65. The zero-order valence-corrected chi connectivity index (χ0v) is 15.9. The first kappa shape index (κ1) is 17.3. The molecule has 1 heterocycles. The lowest BCUT2D eigenvalue weighted by Gasteiger charge is -2.13. The van der Waals surface area contributed by atoms with E-state index in [9.17, 15) is 0 Å². The normalized spacial score (nSPS) is 13.0. The molecule has 134 valence electrons. The molecule has 3 aromatic carbocycles.